The number of nitrogens with zero attached hydrogens (tertiary/aromatic N) is 3. The zero-order valence-electron chi connectivity index (χ0n) is 14.8. The van der Waals surface area contributed by atoms with Gasteiger partial charge in [0.25, 0.3) is 10.7 Å². The van der Waals surface area contributed by atoms with E-state index >= 15 is 0 Å². The molecule has 3 heterocycles. The number of carbonyl (C=O) groups excluding carboxylic acids is 1. The van der Waals surface area contributed by atoms with Crippen LogP contribution in [0.5, 0.6) is 0 Å². The molecule has 0 spiro atoms. The molecular weight excluding hydrogens is 356 g/mol. The number of thiophene rings is 1. The van der Waals surface area contributed by atoms with Crippen LogP contribution in [0.3, 0.4) is 0 Å². The lowest BCUT2D eigenvalue weighted by Crippen LogP contribution is -2.45. The van der Waals surface area contributed by atoms with Gasteiger partial charge < -0.3 is 9.73 Å². The van der Waals surface area contributed by atoms with Crippen molar-refractivity contribution in [1.82, 2.24) is 20.0 Å². The van der Waals surface area contributed by atoms with E-state index in [1.165, 1.54) is 11.3 Å². The number of hydrogen-bond acceptors (Lipinski definition) is 6. The van der Waals surface area contributed by atoms with E-state index < -0.39 is 0 Å². The molecule has 25 heavy (non-hydrogen) atoms. The summed E-state index contributed by atoms with van der Waals surface area (Å²) in [6.07, 6.45) is 1.85. The number of nitrogens with one attached hydrogen (secondary N) is 1. The van der Waals surface area contributed by atoms with Gasteiger partial charge in [-0.3, -0.25) is 9.69 Å². The Labute approximate surface area is 156 Å². The van der Waals surface area contributed by atoms with E-state index in [2.05, 4.69) is 36.1 Å². The highest BCUT2D eigenvalue weighted by Crippen LogP contribution is 2.21. The molecule has 0 bridgehead atoms. The van der Waals surface area contributed by atoms with Crippen molar-refractivity contribution in [3.05, 3.63) is 33.1 Å². The molecule has 1 saturated heterocycles. The van der Waals surface area contributed by atoms with Crippen molar-refractivity contribution in [3.63, 3.8) is 0 Å². The van der Waals surface area contributed by atoms with Crippen molar-refractivity contribution in [2.24, 2.45) is 0 Å². The molecule has 2 aromatic heterocycles. The highest BCUT2D eigenvalue weighted by atomic mass is 32.1. The Balaban J connectivity index is 1.52. The molecule has 1 amide bonds. The predicted octanol–water partition coefficient (Wildman–Crippen LogP) is 3.42. The third kappa shape index (κ3) is 4.56. The molecule has 1 N–H and O–H groups in total. The summed E-state index contributed by atoms with van der Waals surface area (Å²) in [6.45, 7) is 8.59. The quantitative estimate of drug-likeness (QED) is 0.824. The molecule has 1 aliphatic rings. The van der Waals surface area contributed by atoms with Gasteiger partial charge in [0.15, 0.2) is 0 Å². The molecule has 136 valence electrons. The molecular formula is C17H24N4O2S2. The Morgan fingerprint density at radius 2 is 2.16 bits per heavy atom. The van der Waals surface area contributed by atoms with E-state index in [1.807, 2.05) is 16.8 Å². The van der Waals surface area contributed by atoms with Crippen molar-refractivity contribution >= 4 is 29.5 Å². The number of rotatable bonds is 4. The molecule has 1 fully saturated rings. The molecule has 0 aliphatic carbocycles. The lowest BCUT2D eigenvalue weighted by Gasteiger charge is -2.31. The highest BCUT2D eigenvalue weighted by Gasteiger charge is 2.24. The summed E-state index contributed by atoms with van der Waals surface area (Å²) in [4.78, 5) is 14.8. The van der Waals surface area contributed by atoms with Crippen LogP contribution in [0.25, 0.3) is 0 Å². The monoisotopic (exact) mass is 380 g/mol. The maximum Gasteiger partial charge on any atom is 0.288 e. The molecule has 6 nitrogen and oxygen atoms in total. The molecule has 2 aromatic rings. The molecule has 3 rings (SSSR count). The molecule has 0 saturated carbocycles. The topological polar surface area (TPSA) is 63.3 Å². The minimum absolute atomic E-state index is 0.0215. The lowest BCUT2D eigenvalue weighted by molar-refractivity contribution is 0.0896. The largest absolute Gasteiger partial charge is 0.413 e. The fraction of sp³-hybridized carbons (Fsp3) is 0.588. The fourth-order valence-electron chi connectivity index (χ4n) is 2.77. The van der Waals surface area contributed by atoms with Crippen molar-refractivity contribution in [2.45, 2.75) is 51.7 Å². The van der Waals surface area contributed by atoms with E-state index in [1.54, 1.807) is 4.68 Å². The van der Waals surface area contributed by atoms with Gasteiger partial charge in [-0.05, 0) is 36.5 Å². The maximum atomic E-state index is 12.1. The average Bonchev–Trinajstić information content (AvgIpc) is 3.19. The summed E-state index contributed by atoms with van der Waals surface area (Å²) in [7, 11) is 0. The predicted molar refractivity (Wildman–Crippen MR) is 100 cm³/mol. The van der Waals surface area contributed by atoms with Gasteiger partial charge in [-0.15, -0.1) is 5.10 Å². The molecule has 0 aromatic carbocycles. The van der Waals surface area contributed by atoms with Gasteiger partial charge in [0.1, 0.15) is 0 Å². The molecule has 1 aliphatic heterocycles. The first-order valence-corrected chi connectivity index (χ1v) is 9.82. The van der Waals surface area contributed by atoms with E-state index in [-0.39, 0.29) is 17.4 Å². The van der Waals surface area contributed by atoms with Crippen molar-refractivity contribution < 1.29 is 9.21 Å². The third-order valence-corrected chi connectivity index (χ3v) is 5.27. The zero-order valence-corrected chi connectivity index (χ0v) is 16.5. The van der Waals surface area contributed by atoms with Crippen molar-refractivity contribution in [2.75, 3.05) is 13.1 Å². The van der Waals surface area contributed by atoms with Crippen LogP contribution in [0.2, 0.25) is 0 Å². The van der Waals surface area contributed by atoms with E-state index in [9.17, 15) is 4.79 Å². The first-order valence-electron chi connectivity index (χ1n) is 8.47. The van der Waals surface area contributed by atoms with Gasteiger partial charge in [0.05, 0.1) is 6.67 Å². The zero-order chi connectivity index (χ0) is 18.0. The van der Waals surface area contributed by atoms with Crippen LogP contribution in [0.1, 0.15) is 49.9 Å². The van der Waals surface area contributed by atoms with Gasteiger partial charge in [-0.25, -0.2) is 4.68 Å². The van der Waals surface area contributed by atoms with Crippen molar-refractivity contribution in [1.29, 1.82) is 0 Å². The second-order valence-electron chi connectivity index (χ2n) is 7.44. The Bertz CT molecular complexity index is 765. The Morgan fingerprint density at radius 1 is 1.44 bits per heavy atom. The summed E-state index contributed by atoms with van der Waals surface area (Å²) in [5.74, 6) is 0.684. The Morgan fingerprint density at radius 3 is 2.72 bits per heavy atom. The van der Waals surface area contributed by atoms with Gasteiger partial charge in [-0.2, -0.15) is 11.3 Å². The number of piperidine rings is 1. The van der Waals surface area contributed by atoms with Gasteiger partial charge in [0.2, 0.25) is 5.89 Å². The fourth-order valence-corrected chi connectivity index (χ4v) is 3.58. The second-order valence-corrected chi connectivity index (χ2v) is 8.57. The van der Waals surface area contributed by atoms with Crippen molar-refractivity contribution in [3.8, 4) is 0 Å². The van der Waals surface area contributed by atoms with Gasteiger partial charge >= 0.3 is 0 Å². The molecule has 8 heteroatoms. The van der Waals surface area contributed by atoms with Crippen LogP contribution >= 0.6 is 23.6 Å². The number of hydrogen-bond donors (Lipinski definition) is 1. The average molecular weight is 381 g/mol. The molecule has 0 unspecified atom stereocenters. The standard InChI is InChI=1S/C17H24N4O2S2/c1-17(2,3)15-19-21(16(24)23-15)11-20-7-4-13(5-8-20)18-14(22)12-6-9-25-10-12/h6,9-10,13H,4-5,7-8,11H2,1-3H3,(H,18,22). The van der Waals surface area contributed by atoms with E-state index in [4.69, 9.17) is 16.6 Å². The molecule has 0 radical (unpaired) electrons. The third-order valence-electron chi connectivity index (χ3n) is 4.29. The van der Waals surface area contributed by atoms with E-state index in [0.717, 1.165) is 31.5 Å². The van der Waals surface area contributed by atoms with Crippen LogP contribution in [-0.4, -0.2) is 39.7 Å². The van der Waals surface area contributed by atoms with Gasteiger partial charge in [0, 0.05) is 35.5 Å². The lowest BCUT2D eigenvalue weighted by atomic mass is 9.97. The summed E-state index contributed by atoms with van der Waals surface area (Å²) < 4.78 is 7.37. The summed E-state index contributed by atoms with van der Waals surface area (Å²) in [5.41, 5.74) is 0.591. The number of aromatic nitrogens is 2. The Kier molecular flexibility index (Phi) is 5.41. The minimum Gasteiger partial charge on any atom is -0.413 e. The Hall–Kier alpha value is -1.51. The normalized spacial score (nSPS) is 16.9. The van der Waals surface area contributed by atoms with Crippen LogP contribution < -0.4 is 5.32 Å². The molecule has 0 atom stereocenters. The highest BCUT2D eigenvalue weighted by molar-refractivity contribution is 7.71. The SMILES string of the molecule is CC(C)(C)c1nn(CN2CCC(NC(=O)c3ccsc3)CC2)c(=S)o1. The number of likely N-dealkylation sites (tertiary alicyclic amines) is 1. The van der Waals surface area contributed by atoms with Gasteiger partial charge in [-0.1, -0.05) is 20.8 Å². The number of amides is 1. The minimum atomic E-state index is -0.155. The number of carbonyl (C=O) groups is 1. The van der Waals surface area contributed by atoms with Crippen LogP contribution in [0.15, 0.2) is 21.2 Å². The summed E-state index contributed by atoms with van der Waals surface area (Å²) in [6, 6.07) is 2.08. The van der Waals surface area contributed by atoms with Crippen LogP contribution in [0.4, 0.5) is 0 Å². The van der Waals surface area contributed by atoms with E-state index in [0.29, 0.717) is 17.4 Å². The summed E-state index contributed by atoms with van der Waals surface area (Å²) >= 11 is 6.83. The maximum absolute atomic E-state index is 12.1. The summed E-state index contributed by atoms with van der Waals surface area (Å²) in [5, 5.41) is 11.4. The second kappa shape index (κ2) is 7.39. The smallest absolute Gasteiger partial charge is 0.288 e. The van der Waals surface area contributed by atoms with Crippen LogP contribution in [-0.2, 0) is 12.1 Å². The van der Waals surface area contributed by atoms with Crippen LogP contribution in [0, 0.1) is 4.84 Å². The first-order chi connectivity index (χ1) is 11.8. The first kappa shape index (κ1) is 18.3.